The molecular formula is C30H41N9O2. The maximum absolute atomic E-state index is 12.7. The van der Waals surface area contributed by atoms with Crippen molar-refractivity contribution >= 4 is 29.3 Å². The Morgan fingerprint density at radius 2 is 1.71 bits per heavy atom. The number of benzene rings is 1. The first-order chi connectivity index (χ1) is 20.0. The summed E-state index contributed by atoms with van der Waals surface area (Å²) in [5.41, 5.74) is 10.7. The molecule has 11 nitrogen and oxygen atoms in total. The van der Waals surface area contributed by atoms with Crippen molar-refractivity contribution in [3.63, 3.8) is 0 Å². The lowest BCUT2D eigenvalue weighted by Crippen LogP contribution is -2.37. The van der Waals surface area contributed by atoms with Crippen LogP contribution in [0.1, 0.15) is 31.4 Å². The van der Waals surface area contributed by atoms with Gasteiger partial charge in [0.25, 0.3) is 0 Å². The van der Waals surface area contributed by atoms with Gasteiger partial charge in [0, 0.05) is 75.4 Å². The van der Waals surface area contributed by atoms with Gasteiger partial charge in [-0.25, -0.2) is 15.0 Å². The van der Waals surface area contributed by atoms with Crippen LogP contribution in [0.3, 0.4) is 0 Å². The quantitative estimate of drug-likeness (QED) is 0.376. The topological polar surface area (TPSA) is 117 Å². The molecule has 0 aliphatic carbocycles. The van der Waals surface area contributed by atoms with Crippen LogP contribution < -0.4 is 15.5 Å². The van der Waals surface area contributed by atoms with Crippen molar-refractivity contribution < 1.29 is 9.53 Å². The standard InChI is InChI=1S/C30H41N9O2/c1-4-37(5-2)15-14-36(3)26(40)11-8-22-6-9-24(10-7-22)39-13-12-25-27(23-20-32-29(31)33-21-23)34-30(35-28(25)39)38-16-18-41-19-17-38/h6-7,9-10,20-21H,4-5,8,11-19H2,1-3H3,(H2,31,32,33). The Balaban J connectivity index is 1.31. The molecule has 2 N–H and O–H groups in total. The first-order valence-corrected chi connectivity index (χ1v) is 14.6. The van der Waals surface area contributed by atoms with Gasteiger partial charge in [-0.1, -0.05) is 26.0 Å². The number of rotatable bonds is 11. The Hall–Kier alpha value is -3.83. The Bertz CT molecular complexity index is 1310. The summed E-state index contributed by atoms with van der Waals surface area (Å²) in [5, 5.41) is 0. The van der Waals surface area contributed by atoms with Crippen LogP contribution in [0, 0.1) is 0 Å². The largest absolute Gasteiger partial charge is 0.378 e. The van der Waals surface area contributed by atoms with Gasteiger partial charge in [-0.15, -0.1) is 0 Å². The third-order valence-electron chi connectivity index (χ3n) is 8.00. The molecule has 3 aromatic rings. The lowest BCUT2D eigenvalue weighted by atomic mass is 10.1. The van der Waals surface area contributed by atoms with Crippen molar-refractivity contribution in [2.75, 3.05) is 81.6 Å². The molecule has 2 aliphatic rings. The van der Waals surface area contributed by atoms with Gasteiger partial charge in [0.2, 0.25) is 17.8 Å². The number of hydrogen-bond acceptors (Lipinski definition) is 10. The number of nitrogen functional groups attached to an aromatic ring is 1. The molecule has 0 atom stereocenters. The maximum atomic E-state index is 12.7. The van der Waals surface area contributed by atoms with Crippen LogP contribution in [-0.4, -0.2) is 102 Å². The Morgan fingerprint density at radius 3 is 2.39 bits per heavy atom. The van der Waals surface area contributed by atoms with E-state index in [1.165, 1.54) is 0 Å². The fourth-order valence-corrected chi connectivity index (χ4v) is 5.34. The molecule has 0 saturated carbocycles. The fourth-order valence-electron chi connectivity index (χ4n) is 5.34. The van der Waals surface area contributed by atoms with Crippen molar-refractivity contribution in [2.24, 2.45) is 0 Å². The number of amides is 1. The molecule has 5 rings (SSSR count). The number of hydrogen-bond donors (Lipinski definition) is 1. The molecule has 1 fully saturated rings. The van der Waals surface area contributed by atoms with Gasteiger partial charge < -0.3 is 30.1 Å². The smallest absolute Gasteiger partial charge is 0.228 e. The summed E-state index contributed by atoms with van der Waals surface area (Å²) in [5.74, 6) is 2.01. The molecule has 41 heavy (non-hydrogen) atoms. The van der Waals surface area contributed by atoms with Crippen molar-refractivity contribution in [3.8, 4) is 11.3 Å². The highest BCUT2D eigenvalue weighted by molar-refractivity contribution is 5.77. The van der Waals surface area contributed by atoms with Gasteiger partial charge in [0.15, 0.2) is 0 Å². The normalized spacial score (nSPS) is 14.9. The minimum Gasteiger partial charge on any atom is -0.378 e. The monoisotopic (exact) mass is 559 g/mol. The highest BCUT2D eigenvalue weighted by Gasteiger charge is 2.29. The summed E-state index contributed by atoms with van der Waals surface area (Å²) < 4.78 is 5.55. The van der Waals surface area contributed by atoms with Crippen LogP contribution in [0.2, 0.25) is 0 Å². The second-order valence-electron chi connectivity index (χ2n) is 10.5. The van der Waals surface area contributed by atoms with E-state index in [1.807, 2.05) is 11.9 Å². The van der Waals surface area contributed by atoms with Crippen LogP contribution in [0.15, 0.2) is 36.7 Å². The van der Waals surface area contributed by atoms with Gasteiger partial charge in [-0.2, -0.15) is 4.98 Å². The highest BCUT2D eigenvalue weighted by atomic mass is 16.5. The number of fused-ring (bicyclic) bond motifs is 1. The molecule has 1 aromatic carbocycles. The number of carbonyl (C=O) groups is 1. The second kappa shape index (κ2) is 13.2. The molecule has 4 heterocycles. The van der Waals surface area contributed by atoms with E-state index < -0.39 is 0 Å². The van der Waals surface area contributed by atoms with E-state index in [-0.39, 0.29) is 11.9 Å². The third-order valence-corrected chi connectivity index (χ3v) is 8.00. The van der Waals surface area contributed by atoms with Crippen molar-refractivity contribution in [1.82, 2.24) is 29.7 Å². The van der Waals surface area contributed by atoms with Crippen LogP contribution in [0.25, 0.3) is 11.3 Å². The fraction of sp³-hybridized carbons (Fsp3) is 0.500. The van der Waals surface area contributed by atoms with E-state index in [0.29, 0.717) is 25.6 Å². The number of anilines is 4. The zero-order valence-electron chi connectivity index (χ0n) is 24.4. The summed E-state index contributed by atoms with van der Waals surface area (Å²) in [6.45, 7) is 11.6. The van der Waals surface area contributed by atoms with Gasteiger partial charge in [-0.3, -0.25) is 4.79 Å². The predicted octanol–water partition coefficient (Wildman–Crippen LogP) is 2.78. The molecule has 11 heteroatoms. The first kappa shape index (κ1) is 28.7. The number of nitrogens with two attached hydrogens (primary N) is 1. The highest BCUT2D eigenvalue weighted by Crippen LogP contribution is 2.39. The summed E-state index contributed by atoms with van der Waals surface area (Å²) in [6.07, 6.45) is 5.50. The van der Waals surface area contributed by atoms with E-state index >= 15 is 0 Å². The summed E-state index contributed by atoms with van der Waals surface area (Å²) >= 11 is 0. The number of morpholine rings is 1. The summed E-state index contributed by atoms with van der Waals surface area (Å²) in [6, 6.07) is 8.49. The number of nitrogens with zero attached hydrogens (tertiary/aromatic N) is 8. The van der Waals surface area contributed by atoms with Crippen LogP contribution in [0.5, 0.6) is 0 Å². The number of likely N-dealkylation sites (N-methyl/N-ethyl adjacent to an activating group) is 2. The molecule has 0 spiro atoms. The molecule has 1 amide bonds. The molecule has 2 aliphatic heterocycles. The molecule has 0 radical (unpaired) electrons. The number of carbonyl (C=O) groups excluding carboxylic acids is 1. The molecule has 1 saturated heterocycles. The van der Waals surface area contributed by atoms with Gasteiger partial charge in [-0.05, 0) is 43.6 Å². The van der Waals surface area contributed by atoms with E-state index in [0.717, 1.165) is 92.5 Å². The van der Waals surface area contributed by atoms with E-state index in [4.69, 9.17) is 20.4 Å². The summed E-state index contributed by atoms with van der Waals surface area (Å²) in [4.78, 5) is 39.7. The van der Waals surface area contributed by atoms with Crippen LogP contribution >= 0.6 is 0 Å². The molecule has 218 valence electrons. The zero-order chi connectivity index (χ0) is 28.8. The average Bonchev–Trinajstić information content (AvgIpc) is 3.45. The number of aryl methyl sites for hydroxylation is 1. The Kier molecular flexibility index (Phi) is 9.25. The van der Waals surface area contributed by atoms with Gasteiger partial charge in [0.05, 0.1) is 18.9 Å². The van der Waals surface area contributed by atoms with Crippen LogP contribution in [-0.2, 0) is 22.4 Å². The van der Waals surface area contributed by atoms with Crippen molar-refractivity contribution in [1.29, 1.82) is 0 Å². The van der Waals surface area contributed by atoms with Crippen LogP contribution in [0.4, 0.5) is 23.4 Å². The SMILES string of the molecule is CCN(CC)CCN(C)C(=O)CCc1ccc(N2CCc3c(-c4cnc(N)nc4)nc(N4CCOCC4)nc32)cc1. The Morgan fingerprint density at radius 1 is 1.00 bits per heavy atom. The second-order valence-corrected chi connectivity index (χ2v) is 10.5. The number of ether oxygens (including phenoxy) is 1. The molecule has 0 bridgehead atoms. The third kappa shape index (κ3) is 6.74. The van der Waals surface area contributed by atoms with Crippen molar-refractivity contribution in [2.45, 2.75) is 33.1 Å². The summed E-state index contributed by atoms with van der Waals surface area (Å²) in [7, 11) is 1.90. The number of aromatic nitrogens is 4. The Labute approximate surface area is 242 Å². The molecular weight excluding hydrogens is 518 g/mol. The lowest BCUT2D eigenvalue weighted by Gasteiger charge is -2.28. The predicted molar refractivity (Wildman–Crippen MR) is 161 cm³/mol. The van der Waals surface area contributed by atoms with Gasteiger partial charge in [0.1, 0.15) is 5.82 Å². The minimum atomic E-state index is 0.182. The zero-order valence-corrected chi connectivity index (χ0v) is 24.4. The molecule has 0 unspecified atom stereocenters. The average molecular weight is 560 g/mol. The first-order valence-electron chi connectivity index (χ1n) is 14.6. The molecule has 2 aromatic heterocycles. The maximum Gasteiger partial charge on any atom is 0.228 e. The van der Waals surface area contributed by atoms with E-state index in [9.17, 15) is 4.79 Å². The van der Waals surface area contributed by atoms with Crippen molar-refractivity contribution in [3.05, 3.63) is 47.8 Å². The lowest BCUT2D eigenvalue weighted by molar-refractivity contribution is -0.130. The van der Waals surface area contributed by atoms with Gasteiger partial charge >= 0.3 is 0 Å². The van der Waals surface area contributed by atoms with E-state index in [1.54, 1.807) is 12.4 Å². The van der Waals surface area contributed by atoms with E-state index in [2.05, 4.69) is 62.8 Å². The minimum absolute atomic E-state index is 0.182.